The fourth-order valence-corrected chi connectivity index (χ4v) is 2.14. The van der Waals surface area contributed by atoms with E-state index >= 15 is 0 Å². The van der Waals surface area contributed by atoms with Gasteiger partial charge in [-0.3, -0.25) is 4.79 Å². The molecule has 94 valence electrons. The number of amides is 1. The summed E-state index contributed by atoms with van der Waals surface area (Å²) in [6, 6.07) is 5.87. The van der Waals surface area contributed by atoms with Crippen LogP contribution >= 0.6 is 0 Å². The molecule has 1 heterocycles. The fourth-order valence-electron chi connectivity index (χ4n) is 2.14. The molecule has 1 aromatic carbocycles. The number of hydrogen-bond donors (Lipinski definition) is 2. The second kappa shape index (κ2) is 5.59. The number of nitrogens with one attached hydrogen (secondary N) is 2. The molecular formula is C15H18N2O. The number of anilines is 1. The molecule has 1 atom stereocenters. The third-order valence-electron chi connectivity index (χ3n) is 3.27. The van der Waals surface area contributed by atoms with Crippen molar-refractivity contribution in [3.8, 4) is 12.3 Å². The Kier molecular flexibility index (Phi) is 3.88. The van der Waals surface area contributed by atoms with Crippen LogP contribution in [0.15, 0.2) is 18.2 Å². The highest BCUT2D eigenvalue weighted by Crippen LogP contribution is 2.23. The molecule has 2 N–H and O–H groups in total. The molecule has 1 aromatic rings. The van der Waals surface area contributed by atoms with Crippen molar-refractivity contribution in [2.75, 3.05) is 11.9 Å². The van der Waals surface area contributed by atoms with E-state index in [9.17, 15) is 4.79 Å². The lowest BCUT2D eigenvalue weighted by Gasteiger charge is -2.14. The van der Waals surface area contributed by atoms with E-state index in [0.29, 0.717) is 12.0 Å². The van der Waals surface area contributed by atoms with Crippen LogP contribution in [0.3, 0.4) is 0 Å². The molecule has 1 aliphatic rings. The Morgan fingerprint density at radius 3 is 3.17 bits per heavy atom. The first-order chi connectivity index (χ1) is 8.74. The van der Waals surface area contributed by atoms with Gasteiger partial charge in [-0.15, -0.1) is 12.3 Å². The molecular weight excluding hydrogens is 224 g/mol. The second-order valence-electron chi connectivity index (χ2n) is 4.54. The minimum Gasteiger partial charge on any atom is -0.384 e. The van der Waals surface area contributed by atoms with E-state index in [0.717, 1.165) is 25.1 Å². The van der Waals surface area contributed by atoms with Crippen molar-refractivity contribution in [1.82, 2.24) is 5.32 Å². The Bertz CT molecular complexity index is 488. The molecule has 0 radical (unpaired) electrons. The first-order valence-corrected chi connectivity index (χ1v) is 6.35. The molecule has 3 heteroatoms. The monoisotopic (exact) mass is 242 g/mol. The van der Waals surface area contributed by atoms with E-state index in [2.05, 4.69) is 16.6 Å². The number of carbonyl (C=O) groups excluding carboxylic acids is 1. The van der Waals surface area contributed by atoms with Crippen molar-refractivity contribution < 1.29 is 4.79 Å². The molecule has 3 nitrogen and oxygen atoms in total. The van der Waals surface area contributed by atoms with E-state index in [4.69, 9.17) is 6.42 Å². The predicted molar refractivity (Wildman–Crippen MR) is 73.6 cm³/mol. The van der Waals surface area contributed by atoms with Gasteiger partial charge in [0.05, 0.1) is 0 Å². The van der Waals surface area contributed by atoms with Crippen LogP contribution in [0, 0.1) is 12.3 Å². The SMILES string of the molecule is C#CCC(CC)NC(=O)c1ccc2c(c1)NCC2. The first kappa shape index (κ1) is 12.5. The zero-order chi connectivity index (χ0) is 13.0. The zero-order valence-electron chi connectivity index (χ0n) is 10.6. The lowest BCUT2D eigenvalue weighted by atomic mass is 10.1. The molecule has 0 saturated carbocycles. The van der Waals surface area contributed by atoms with Crippen molar-refractivity contribution in [2.24, 2.45) is 0 Å². The van der Waals surface area contributed by atoms with E-state index in [1.165, 1.54) is 5.56 Å². The van der Waals surface area contributed by atoms with Crippen molar-refractivity contribution in [1.29, 1.82) is 0 Å². The number of fused-ring (bicyclic) bond motifs is 1. The predicted octanol–water partition coefficient (Wildman–Crippen LogP) is 2.19. The van der Waals surface area contributed by atoms with E-state index in [1.807, 2.05) is 25.1 Å². The highest BCUT2D eigenvalue weighted by Gasteiger charge is 2.15. The number of terminal acetylenes is 1. The van der Waals surface area contributed by atoms with Gasteiger partial charge in [-0.2, -0.15) is 0 Å². The average Bonchev–Trinajstić information content (AvgIpc) is 2.85. The van der Waals surface area contributed by atoms with Gasteiger partial charge in [0.15, 0.2) is 0 Å². The first-order valence-electron chi connectivity index (χ1n) is 6.35. The van der Waals surface area contributed by atoms with Gasteiger partial charge in [0.25, 0.3) is 5.91 Å². The maximum absolute atomic E-state index is 12.1. The fraction of sp³-hybridized carbons (Fsp3) is 0.400. The Morgan fingerprint density at radius 2 is 2.44 bits per heavy atom. The molecule has 18 heavy (non-hydrogen) atoms. The maximum Gasteiger partial charge on any atom is 0.251 e. The zero-order valence-corrected chi connectivity index (χ0v) is 10.6. The van der Waals surface area contributed by atoms with Crippen LogP contribution in [0.25, 0.3) is 0 Å². The summed E-state index contributed by atoms with van der Waals surface area (Å²) >= 11 is 0. The van der Waals surface area contributed by atoms with Gasteiger partial charge in [0.1, 0.15) is 0 Å². The number of hydrogen-bond acceptors (Lipinski definition) is 2. The Hall–Kier alpha value is -1.95. The van der Waals surface area contributed by atoms with Crippen LogP contribution in [0.1, 0.15) is 35.7 Å². The largest absolute Gasteiger partial charge is 0.384 e. The van der Waals surface area contributed by atoms with Crippen molar-refractivity contribution >= 4 is 11.6 Å². The molecule has 2 rings (SSSR count). The summed E-state index contributed by atoms with van der Waals surface area (Å²) in [5.41, 5.74) is 3.05. The van der Waals surface area contributed by atoms with Crippen LogP contribution in [0.2, 0.25) is 0 Å². The van der Waals surface area contributed by atoms with Crippen LogP contribution in [-0.4, -0.2) is 18.5 Å². The number of rotatable bonds is 4. The van der Waals surface area contributed by atoms with Gasteiger partial charge < -0.3 is 10.6 Å². The second-order valence-corrected chi connectivity index (χ2v) is 4.54. The number of benzene rings is 1. The molecule has 1 unspecified atom stereocenters. The summed E-state index contributed by atoms with van der Waals surface area (Å²) in [4.78, 5) is 12.1. The molecule has 1 aliphatic heterocycles. The topological polar surface area (TPSA) is 41.1 Å². The summed E-state index contributed by atoms with van der Waals surface area (Å²) in [6.07, 6.45) is 7.74. The quantitative estimate of drug-likeness (QED) is 0.795. The van der Waals surface area contributed by atoms with Crippen molar-refractivity contribution in [3.63, 3.8) is 0 Å². The standard InChI is InChI=1S/C15H18N2O/c1-3-5-13(4-2)17-15(18)12-7-6-11-8-9-16-14(11)10-12/h1,6-7,10,13,16H,4-5,8-9H2,2H3,(H,17,18). The molecule has 0 aromatic heterocycles. The van der Waals surface area contributed by atoms with Crippen LogP contribution in [-0.2, 0) is 6.42 Å². The smallest absolute Gasteiger partial charge is 0.251 e. The third kappa shape index (κ3) is 2.65. The van der Waals surface area contributed by atoms with E-state index in [-0.39, 0.29) is 11.9 Å². The Balaban J connectivity index is 2.07. The van der Waals surface area contributed by atoms with E-state index in [1.54, 1.807) is 0 Å². The Labute approximate surface area is 108 Å². The molecule has 0 spiro atoms. The highest BCUT2D eigenvalue weighted by atomic mass is 16.1. The summed E-state index contributed by atoms with van der Waals surface area (Å²) in [6.45, 7) is 2.97. The van der Waals surface area contributed by atoms with Gasteiger partial charge in [-0.25, -0.2) is 0 Å². The summed E-state index contributed by atoms with van der Waals surface area (Å²) in [7, 11) is 0. The highest BCUT2D eigenvalue weighted by molar-refractivity contribution is 5.95. The third-order valence-corrected chi connectivity index (χ3v) is 3.27. The van der Waals surface area contributed by atoms with Crippen LogP contribution < -0.4 is 10.6 Å². The number of carbonyl (C=O) groups is 1. The van der Waals surface area contributed by atoms with Crippen molar-refractivity contribution in [3.05, 3.63) is 29.3 Å². The van der Waals surface area contributed by atoms with E-state index < -0.39 is 0 Å². The van der Waals surface area contributed by atoms with Crippen LogP contribution in [0.4, 0.5) is 5.69 Å². The average molecular weight is 242 g/mol. The van der Waals surface area contributed by atoms with Gasteiger partial charge in [-0.1, -0.05) is 13.0 Å². The lowest BCUT2D eigenvalue weighted by molar-refractivity contribution is 0.0937. The van der Waals surface area contributed by atoms with Gasteiger partial charge in [0.2, 0.25) is 0 Å². The molecule has 0 fully saturated rings. The van der Waals surface area contributed by atoms with Gasteiger partial charge in [0, 0.05) is 30.3 Å². The molecule has 0 bridgehead atoms. The van der Waals surface area contributed by atoms with Crippen molar-refractivity contribution in [2.45, 2.75) is 32.2 Å². The van der Waals surface area contributed by atoms with Gasteiger partial charge >= 0.3 is 0 Å². The van der Waals surface area contributed by atoms with Crippen LogP contribution in [0.5, 0.6) is 0 Å². The molecule has 0 aliphatic carbocycles. The minimum absolute atomic E-state index is 0.0476. The lowest BCUT2D eigenvalue weighted by Crippen LogP contribution is -2.34. The maximum atomic E-state index is 12.1. The molecule has 1 amide bonds. The minimum atomic E-state index is -0.0476. The normalized spacial score (nSPS) is 14.2. The molecule has 0 saturated heterocycles. The summed E-state index contributed by atoms with van der Waals surface area (Å²) in [5.74, 6) is 2.54. The Morgan fingerprint density at radius 1 is 1.61 bits per heavy atom. The van der Waals surface area contributed by atoms with Gasteiger partial charge in [-0.05, 0) is 30.5 Å². The summed E-state index contributed by atoms with van der Waals surface area (Å²) in [5, 5.41) is 6.24. The summed E-state index contributed by atoms with van der Waals surface area (Å²) < 4.78 is 0.